The molecule has 1 aliphatic rings. The molecule has 0 atom stereocenters. The standard InChI is InChI=1S/C26H24N4O3S/c1-18-10-14-22(15-11-18)30-17-24(25(28-30)19-6-3-2-4-7-19)26(31)27-21-8-5-9-23(16-21)34(32,33)29-20-12-13-20/h2-11,14-17,20,29H,12-13H2,1H3,(H,27,31). The van der Waals surface area contributed by atoms with Crippen molar-refractivity contribution < 1.29 is 13.2 Å². The first-order valence-corrected chi connectivity index (χ1v) is 12.5. The lowest BCUT2D eigenvalue weighted by molar-refractivity contribution is 0.102. The number of carbonyl (C=O) groups excluding carboxylic acids is 1. The molecule has 7 nitrogen and oxygen atoms in total. The molecule has 5 rings (SSSR count). The van der Waals surface area contributed by atoms with Crippen LogP contribution in [0.2, 0.25) is 0 Å². The van der Waals surface area contributed by atoms with Gasteiger partial charge in [0.1, 0.15) is 5.69 Å². The van der Waals surface area contributed by atoms with Crippen molar-refractivity contribution >= 4 is 21.6 Å². The van der Waals surface area contributed by atoms with Crippen LogP contribution in [0.15, 0.2) is 90.0 Å². The van der Waals surface area contributed by atoms with E-state index >= 15 is 0 Å². The molecule has 1 amide bonds. The zero-order chi connectivity index (χ0) is 23.7. The summed E-state index contributed by atoms with van der Waals surface area (Å²) in [6.07, 6.45) is 3.39. The molecular formula is C26H24N4O3S. The Hall–Kier alpha value is -3.75. The van der Waals surface area contributed by atoms with E-state index in [1.807, 2.05) is 61.5 Å². The van der Waals surface area contributed by atoms with Gasteiger partial charge in [-0.25, -0.2) is 17.8 Å². The maximum absolute atomic E-state index is 13.3. The SMILES string of the molecule is Cc1ccc(-n2cc(C(=O)Nc3cccc(S(=O)(=O)NC4CC4)c3)c(-c3ccccc3)n2)cc1. The smallest absolute Gasteiger partial charge is 0.259 e. The summed E-state index contributed by atoms with van der Waals surface area (Å²) in [6.45, 7) is 2.01. The highest BCUT2D eigenvalue weighted by molar-refractivity contribution is 7.89. The summed E-state index contributed by atoms with van der Waals surface area (Å²) < 4.78 is 29.5. The van der Waals surface area contributed by atoms with Gasteiger partial charge < -0.3 is 5.32 Å². The molecule has 0 spiro atoms. The molecule has 2 N–H and O–H groups in total. The van der Waals surface area contributed by atoms with E-state index in [4.69, 9.17) is 0 Å². The summed E-state index contributed by atoms with van der Waals surface area (Å²) >= 11 is 0. The average Bonchev–Trinajstić information content (AvgIpc) is 3.52. The Bertz CT molecular complexity index is 1440. The van der Waals surface area contributed by atoms with Crippen LogP contribution >= 0.6 is 0 Å². The number of aromatic nitrogens is 2. The number of sulfonamides is 1. The van der Waals surface area contributed by atoms with Crippen molar-refractivity contribution in [2.24, 2.45) is 0 Å². The molecule has 1 fully saturated rings. The fourth-order valence-electron chi connectivity index (χ4n) is 3.61. The number of aryl methyl sites for hydroxylation is 1. The molecule has 4 aromatic rings. The summed E-state index contributed by atoms with van der Waals surface area (Å²) in [4.78, 5) is 13.4. The van der Waals surface area contributed by atoms with E-state index in [1.54, 1.807) is 23.0 Å². The lowest BCUT2D eigenvalue weighted by Crippen LogP contribution is -2.25. The third-order valence-corrected chi connectivity index (χ3v) is 7.12. The van der Waals surface area contributed by atoms with Crippen molar-refractivity contribution in [3.63, 3.8) is 0 Å². The fourth-order valence-corrected chi connectivity index (χ4v) is 4.96. The van der Waals surface area contributed by atoms with Gasteiger partial charge in [0.05, 0.1) is 16.1 Å². The second-order valence-corrected chi connectivity index (χ2v) is 10.1. The largest absolute Gasteiger partial charge is 0.322 e. The number of anilines is 1. The van der Waals surface area contributed by atoms with Gasteiger partial charge in [0.15, 0.2) is 0 Å². The summed E-state index contributed by atoms with van der Waals surface area (Å²) in [7, 11) is -3.62. The lowest BCUT2D eigenvalue weighted by atomic mass is 10.1. The fraction of sp³-hybridized carbons (Fsp3) is 0.154. The van der Waals surface area contributed by atoms with E-state index in [2.05, 4.69) is 15.1 Å². The number of nitrogens with one attached hydrogen (secondary N) is 2. The highest BCUT2D eigenvalue weighted by Crippen LogP contribution is 2.26. The van der Waals surface area contributed by atoms with Crippen LogP contribution < -0.4 is 10.0 Å². The van der Waals surface area contributed by atoms with Crippen molar-refractivity contribution in [1.29, 1.82) is 0 Å². The van der Waals surface area contributed by atoms with Gasteiger partial charge in [0, 0.05) is 23.5 Å². The van der Waals surface area contributed by atoms with Crippen molar-refractivity contribution in [3.05, 3.63) is 96.2 Å². The second kappa shape index (κ2) is 8.89. The third-order valence-electron chi connectivity index (χ3n) is 5.61. The molecular weight excluding hydrogens is 448 g/mol. The minimum absolute atomic E-state index is 0.00397. The third kappa shape index (κ3) is 4.78. The molecule has 0 radical (unpaired) electrons. The molecule has 1 heterocycles. The van der Waals surface area contributed by atoms with E-state index in [9.17, 15) is 13.2 Å². The first kappa shape index (κ1) is 22.1. The molecule has 0 saturated heterocycles. The number of nitrogens with zero attached hydrogens (tertiary/aromatic N) is 2. The Morgan fingerprint density at radius 1 is 0.971 bits per heavy atom. The molecule has 1 saturated carbocycles. The summed E-state index contributed by atoms with van der Waals surface area (Å²) in [5, 5.41) is 7.53. The molecule has 34 heavy (non-hydrogen) atoms. The van der Waals surface area contributed by atoms with Gasteiger partial charge in [-0.2, -0.15) is 5.10 Å². The van der Waals surface area contributed by atoms with Crippen LogP contribution in [-0.2, 0) is 10.0 Å². The Morgan fingerprint density at radius 2 is 1.71 bits per heavy atom. The average molecular weight is 473 g/mol. The van der Waals surface area contributed by atoms with Crippen LogP contribution in [0.5, 0.6) is 0 Å². The van der Waals surface area contributed by atoms with Crippen LogP contribution in [0.1, 0.15) is 28.8 Å². The summed E-state index contributed by atoms with van der Waals surface area (Å²) in [6, 6.07) is 23.6. The first-order valence-electron chi connectivity index (χ1n) is 11.0. The number of carbonyl (C=O) groups is 1. The minimum atomic E-state index is -3.62. The van der Waals surface area contributed by atoms with E-state index in [0.29, 0.717) is 16.9 Å². The van der Waals surface area contributed by atoms with Gasteiger partial charge in [0.2, 0.25) is 10.0 Å². The Kier molecular flexibility index (Phi) is 5.77. The lowest BCUT2D eigenvalue weighted by Gasteiger charge is -2.09. The number of hydrogen-bond acceptors (Lipinski definition) is 4. The quantitative estimate of drug-likeness (QED) is 0.413. The van der Waals surface area contributed by atoms with E-state index in [0.717, 1.165) is 29.7 Å². The predicted octanol–water partition coefficient (Wildman–Crippen LogP) is 4.54. The van der Waals surface area contributed by atoms with E-state index in [-0.39, 0.29) is 16.8 Å². The highest BCUT2D eigenvalue weighted by atomic mass is 32.2. The van der Waals surface area contributed by atoms with Crippen molar-refractivity contribution in [3.8, 4) is 16.9 Å². The number of amides is 1. The number of rotatable bonds is 7. The normalized spacial score (nSPS) is 13.6. The molecule has 0 bridgehead atoms. The molecule has 0 unspecified atom stereocenters. The summed E-state index contributed by atoms with van der Waals surface area (Å²) in [5.74, 6) is -0.373. The van der Waals surface area contributed by atoms with Gasteiger partial charge in [-0.1, -0.05) is 54.1 Å². The topological polar surface area (TPSA) is 93.1 Å². The maximum atomic E-state index is 13.3. The van der Waals surface area contributed by atoms with Gasteiger partial charge in [-0.3, -0.25) is 4.79 Å². The maximum Gasteiger partial charge on any atom is 0.259 e. The Balaban J connectivity index is 1.47. The monoisotopic (exact) mass is 472 g/mol. The van der Waals surface area contributed by atoms with Gasteiger partial charge in [-0.15, -0.1) is 0 Å². The predicted molar refractivity (Wildman–Crippen MR) is 131 cm³/mol. The van der Waals surface area contributed by atoms with E-state index in [1.165, 1.54) is 12.1 Å². The number of benzene rings is 3. The molecule has 0 aliphatic heterocycles. The van der Waals surface area contributed by atoms with Crippen LogP contribution in [0.3, 0.4) is 0 Å². The number of hydrogen-bond donors (Lipinski definition) is 2. The van der Waals surface area contributed by atoms with Crippen LogP contribution in [-0.4, -0.2) is 30.1 Å². The Labute approximate surface area is 198 Å². The molecule has 1 aliphatic carbocycles. The van der Waals surface area contributed by atoms with Gasteiger partial charge in [0.25, 0.3) is 5.91 Å². The van der Waals surface area contributed by atoms with Crippen molar-refractivity contribution in [1.82, 2.24) is 14.5 Å². The molecule has 3 aromatic carbocycles. The Morgan fingerprint density at radius 3 is 2.41 bits per heavy atom. The zero-order valence-electron chi connectivity index (χ0n) is 18.6. The van der Waals surface area contributed by atoms with Crippen LogP contribution in [0.25, 0.3) is 16.9 Å². The minimum Gasteiger partial charge on any atom is -0.322 e. The van der Waals surface area contributed by atoms with E-state index < -0.39 is 10.0 Å². The molecule has 1 aromatic heterocycles. The first-order chi connectivity index (χ1) is 16.4. The van der Waals surface area contributed by atoms with Gasteiger partial charge in [-0.05, 0) is 50.1 Å². The van der Waals surface area contributed by atoms with Crippen molar-refractivity contribution in [2.45, 2.75) is 30.7 Å². The van der Waals surface area contributed by atoms with Crippen LogP contribution in [0.4, 0.5) is 5.69 Å². The highest BCUT2D eigenvalue weighted by Gasteiger charge is 2.28. The molecule has 8 heteroatoms. The molecule has 172 valence electrons. The second-order valence-electron chi connectivity index (χ2n) is 8.42. The van der Waals surface area contributed by atoms with Crippen molar-refractivity contribution in [2.75, 3.05) is 5.32 Å². The van der Waals surface area contributed by atoms with Crippen LogP contribution in [0, 0.1) is 6.92 Å². The van der Waals surface area contributed by atoms with Gasteiger partial charge >= 0.3 is 0 Å². The summed E-state index contributed by atoms with van der Waals surface area (Å²) in [5.41, 5.74) is 4.09. The zero-order valence-corrected chi connectivity index (χ0v) is 19.4.